The summed E-state index contributed by atoms with van der Waals surface area (Å²) >= 11 is 0. The maximum atomic E-state index is 2.52. The third-order valence-electron chi connectivity index (χ3n) is 13.6. The lowest BCUT2D eigenvalue weighted by Gasteiger charge is -2.40. The van der Waals surface area contributed by atoms with E-state index >= 15 is 0 Å². The van der Waals surface area contributed by atoms with Crippen molar-refractivity contribution in [1.29, 1.82) is 0 Å². The molecule has 294 valence electrons. The lowest BCUT2D eigenvalue weighted by atomic mass is 9.65. The fraction of sp³-hybridized carbons (Fsp3) is 0.0164. The van der Waals surface area contributed by atoms with Gasteiger partial charge in [0.2, 0.25) is 0 Å². The van der Waals surface area contributed by atoms with Gasteiger partial charge >= 0.3 is 0 Å². The molecular weight excluding hydrogens is 761 g/mol. The van der Waals surface area contributed by atoms with Gasteiger partial charge in [-0.1, -0.05) is 206 Å². The van der Waals surface area contributed by atoms with E-state index < -0.39 is 5.41 Å². The maximum absolute atomic E-state index is 2.52. The Morgan fingerprint density at radius 2 is 0.841 bits per heavy atom. The first-order valence-electron chi connectivity index (χ1n) is 21.9. The van der Waals surface area contributed by atoms with Gasteiger partial charge in [-0.25, -0.2) is 0 Å². The highest BCUT2D eigenvalue weighted by Gasteiger charge is 2.51. The van der Waals surface area contributed by atoms with Crippen molar-refractivity contribution in [3.63, 3.8) is 0 Å². The van der Waals surface area contributed by atoms with Crippen molar-refractivity contribution in [2.24, 2.45) is 0 Å². The smallest absolute Gasteiger partial charge is 0.0755 e. The molecule has 1 aliphatic carbocycles. The topological polar surface area (TPSA) is 8.17 Å². The Morgan fingerprint density at radius 1 is 0.317 bits per heavy atom. The van der Waals surface area contributed by atoms with E-state index in [0.29, 0.717) is 0 Å². The molecule has 1 spiro atoms. The molecule has 0 amide bonds. The van der Waals surface area contributed by atoms with Crippen molar-refractivity contribution < 1.29 is 0 Å². The van der Waals surface area contributed by atoms with Crippen LogP contribution in [0.4, 0.5) is 17.1 Å². The van der Waals surface area contributed by atoms with Gasteiger partial charge in [0.15, 0.2) is 0 Å². The van der Waals surface area contributed by atoms with Crippen LogP contribution in [0.3, 0.4) is 0 Å². The molecular formula is C61H40N2. The number of benzene rings is 10. The largest absolute Gasteiger partial charge is 0.309 e. The predicted octanol–water partition coefficient (Wildman–Crippen LogP) is 15.9. The summed E-state index contributed by atoms with van der Waals surface area (Å²) in [7, 11) is 0. The second kappa shape index (κ2) is 13.9. The van der Waals surface area contributed by atoms with Crippen molar-refractivity contribution in [3.05, 3.63) is 265 Å². The van der Waals surface area contributed by atoms with Gasteiger partial charge in [0, 0.05) is 27.6 Å². The Labute approximate surface area is 367 Å². The van der Waals surface area contributed by atoms with Gasteiger partial charge in [-0.05, 0) is 92.0 Å². The fourth-order valence-corrected chi connectivity index (χ4v) is 11.1. The number of fused-ring (bicyclic) bond motifs is 12. The monoisotopic (exact) mass is 800 g/mol. The van der Waals surface area contributed by atoms with Crippen molar-refractivity contribution in [1.82, 2.24) is 4.57 Å². The Kier molecular flexibility index (Phi) is 7.85. The average Bonchev–Trinajstić information content (AvgIpc) is 3.85. The number of hydrogen-bond acceptors (Lipinski definition) is 1. The molecule has 2 heteroatoms. The minimum absolute atomic E-state index is 0.577. The van der Waals surface area contributed by atoms with Gasteiger partial charge in [-0.2, -0.15) is 0 Å². The molecule has 0 saturated carbocycles. The van der Waals surface area contributed by atoms with Crippen molar-refractivity contribution >= 4 is 38.9 Å². The Bertz CT molecular complexity index is 3580. The minimum Gasteiger partial charge on any atom is -0.309 e. The van der Waals surface area contributed by atoms with Gasteiger partial charge in [-0.15, -0.1) is 0 Å². The van der Waals surface area contributed by atoms with Crippen molar-refractivity contribution in [2.75, 3.05) is 4.90 Å². The number of rotatable bonds is 6. The highest BCUT2D eigenvalue weighted by molar-refractivity contribution is 6.13. The summed E-state index contributed by atoms with van der Waals surface area (Å²) in [6.45, 7) is 0. The molecule has 13 rings (SSSR count). The first kappa shape index (κ1) is 35.5. The van der Waals surface area contributed by atoms with Crippen LogP contribution < -0.4 is 4.90 Å². The van der Waals surface area contributed by atoms with E-state index in [9.17, 15) is 0 Å². The van der Waals surface area contributed by atoms with Gasteiger partial charge < -0.3 is 9.47 Å². The molecule has 1 aromatic heterocycles. The van der Waals surface area contributed by atoms with Crippen LogP contribution in [-0.2, 0) is 5.41 Å². The molecule has 63 heavy (non-hydrogen) atoms. The first-order chi connectivity index (χ1) is 31.3. The van der Waals surface area contributed by atoms with Crippen LogP contribution in [-0.4, -0.2) is 4.57 Å². The lowest BCUT2D eigenvalue weighted by molar-refractivity contribution is 0.748. The number of hydrogen-bond donors (Lipinski definition) is 0. The normalized spacial score (nSPS) is 14.4. The first-order valence-corrected chi connectivity index (χ1v) is 21.9. The van der Waals surface area contributed by atoms with E-state index in [4.69, 9.17) is 0 Å². The number of para-hydroxylation sites is 5. The SMILES string of the molecule is c1ccc(-c2ccccc2-c2ccccc2N(c2ccc3c(c2)C2(c4ccccc4-3)c3ccccc3-n3c4ccccc4c4cccc2c43)c2ccccc2-c2ccccc2)cc1. The molecule has 1 unspecified atom stereocenters. The summed E-state index contributed by atoms with van der Waals surface area (Å²) in [5, 5.41) is 2.56. The van der Waals surface area contributed by atoms with E-state index in [1.165, 1.54) is 88.7 Å². The molecule has 2 heterocycles. The van der Waals surface area contributed by atoms with Crippen LogP contribution in [0.1, 0.15) is 22.3 Å². The molecule has 1 aliphatic heterocycles. The molecule has 0 fully saturated rings. The molecule has 0 saturated heterocycles. The quantitative estimate of drug-likeness (QED) is 0.163. The molecule has 1 atom stereocenters. The zero-order valence-corrected chi connectivity index (χ0v) is 34.5. The molecule has 2 aliphatic rings. The van der Waals surface area contributed by atoms with Gasteiger partial charge in [-0.3, -0.25) is 0 Å². The maximum Gasteiger partial charge on any atom is 0.0755 e. The lowest BCUT2D eigenvalue weighted by Crippen LogP contribution is -2.33. The third kappa shape index (κ3) is 5.07. The summed E-state index contributed by atoms with van der Waals surface area (Å²) in [5.74, 6) is 0. The van der Waals surface area contributed by atoms with Crippen LogP contribution >= 0.6 is 0 Å². The molecule has 2 nitrogen and oxygen atoms in total. The van der Waals surface area contributed by atoms with E-state index in [1.54, 1.807) is 0 Å². The van der Waals surface area contributed by atoms with Gasteiger partial charge in [0.1, 0.15) is 0 Å². The summed E-state index contributed by atoms with van der Waals surface area (Å²) in [5.41, 5.74) is 21.3. The van der Waals surface area contributed by atoms with Gasteiger partial charge in [0.05, 0.1) is 33.5 Å². The summed E-state index contributed by atoms with van der Waals surface area (Å²) < 4.78 is 2.52. The minimum atomic E-state index is -0.577. The van der Waals surface area contributed by atoms with E-state index in [-0.39, 0.29) is 0 Å². The molecule has 0 bridgehead atoms. The second-order valence-corrected chi connectivity index (χ2v) is 16.7. The van der Waals surface area contributed by atoms with Gasteiger partial charge in [0.25, 0.3) is 0 Å². The second-order valence-electron chi connectivity index (χ2n) is 16.7. The summed E-state index contributed by atoms with van der Waals surface area (Å²) in [6, 6.07) is 89.6. The summed E-state index contributed by atoms with van der Waals surface area (Å²) in [6.07, 6.45) is 0. The molecule has 0 radical (unpaired) electrons. The molecule has 0 N–H and O–H groups in total. The Hall–Kier alpha value is -8.20. The van der Waals surface area contributed by atoms with Crippen LogP contribution in [0.2, 0.25) is 0 Å². The van der Waals surface area contributed by atoms with Crippen molar-refractivity contribution in [2.45, 2.75) is 5.41 Å². The average molecular weight is 801 g/mol. The van der Waals surface area contributed by atoms with Crippen molar-refractivity contribution in [3.8, 4) is 50.2 Å². The Balaban J connectivity index is 1.13. The van der Waals surface area contributed by atoms with E-state index in [0.717, 1.165) is 22.6 Å². The highest BCUT2D eigenvalue weighted by Crippen LogP contribution is 2.62. The summed E-state index contributed by atoms with van der Waals surface area (Å²) in [4.78, 5) is 2.52. The molecule has 11 aromatic rings. The highest BCUT2D eigenvalue weighted by atomic mass is 15.1. The number of aromatic nitrogens is 1. The Morgan fingerprint density at radius 3 is 1.62 bits per heavy atom. The van der Waals surface area contributed by atoms with E-state index in [2.05, 4.69) is 252 Å². The van der Waals surface area contributed by atoms with E-state index in [1.807, 2.05) is 0 Å². The third-order valence-corrected chi connectivity index (χ3v) is 13.6. The van der Waals surface area contributed by atoms with Crippen LogP contribution in [0.15, 0.2) is 243 Å². The number of nitrogens with zero attached hydrogens (tertiary/aromatic N) is 2. The van der Waals surface area contributed by atoms with Crippen LogP contribution in [0, 0.1) is 0 Å². The zero-order chi connectivity index (χ0) is 41.5. The van der Waals surface area contributed by atoms with Crippen LogP contribution in [0.25, 0.3) is 72.0 Å². The standard InChI is InChI=1S/C61H40N2/c1-3-20-41(21-4-1)44-24-7-8-26-46(44)49-28-11-16-35-57(49)62(56-34-15-10-25-45(56)42-22-5-2-6-23-42)43-38-39-48-47-27-9-13-31-52(47)61(55(48)40-43)53-32-14-18-37-59(53)63-58-36-17-12-29-50(58)51-30-19-33-54(61)60(51)63/h1-40H. The number of anilines is 3. The predicted molar refractivity (Wildman–Crippen MR) is 263 cm³/mol. The zero-order valence-electron chi connectivity index (χ0n) is 34.5. The van der Waals surface area contributed by atoms with Crippen LogP contribution in [0.5, 0.6) is 0 Å². The fourth-order valence-electron chi connectivity index (χ4n) is 11.1. The molecule has 10 aromatic carbocycles.